The van der Waals surface area contributed by atoms with E-state index in [9.17, 15) is 13.2 Å². The molecule has 1 saturated carbocycles. The van der Waals surface area contributed by atoms with Crippen LogP contribution >= 0.6 is 0 Å². The molecule has 0 saturated heterocycles. The van der Waals surface area contributed by atoms with E-state index in [0.29, 0.717) is 42.3 Å². The van der Waals surface area contributed by atoms with E-state index in [2.05, 4.69) is 9.88 Å². The third kappa shape index (κ3) is 3.70. The number of nitrogens with zero attached hydrogens (tertiary/aromatic N) is 1. The summed E-state index contributed by atoms with van der Waals surface area (Å²) in [4.78, 5) is 10.9. The Kier molecular flexibility index (Phi) is 4.36. The van der Waals surface area contributed by atoms with Gasteiger partial charge in [0, 0.05) is 11.4 Å². The molecule has 1 aliphatic carbocycles. The highest BCUT2D eigenvalue weighted by Gasteiger charge is 2.29. The lowest BCUT2D eigenvalue weighted by atomic mass is 9.87. The average molecular weight is 338 g/mol. The second kappa shape index (κ2) is 6.29. The van der Waals surface area contributed by atoms with Crippen molar-refractivity contribution in [1.82, 2.24) is 9.88 Å². The van der Waals surface area contributed by atoms with Crippen LogP contribution in [0.1, 0.15) is 31.4 Å². The molecule has 0 radical (unpaired) electrons. The van der Waals surface area contributed by atoms with Gasteiger partial charge in [0.2, 0.25) is 10.0 Å². The minimum atomic E-state index is -3.55. The van der Waals surface area contributed by atoms with E-state index in [4.69, 9.17) is 9.63 Å². The number of carboxylic acid groups (broad SMARTS) is 1. The van der Waals surface area contributed by atoms with Gasteiger partial charge in [0.05, 0.1) is 5.92 Å². The van der Waals surface area contributed by atoms with E-state index in [1.54, 1.807) is 24.3 Å². The molecule has 0 bridgehead atoms. The van der Waals surface area contributed by atoms with Crippen molar-refractivity contribution in [3.05, 3.63) is 30.0 Å². The number of aliphatic carboxylic acids is 1. The summed E-state index contributed by atoms with van der Waals surface area (Å²) in [5.41, 5.74) is 0.937. The third-order valence-corrected chi connectivity index (χ3v) is 5.55. The summed E-state index contributed by atoms with van der Waals surface area (Å²) >= 11 is 0. The highest BCUT2D eigenvalue weighted by Crippen LogP contribution is 2.25. The Morgan fingerprint density at radius 3 is 2.65 bits per heavy atom. The summed E-state index contributed by atoms with van der Waals surface area (Å²) in [6.07, 6.45) is 2.07. The van der Waals surface area contributed by atoms with Gasteiger partial charge >= 0.3 is 5.97 Å². The van der Waals surface area contributed by atoms with Crippen LogP contribution in [0.3, 0.4) is 0 Å². The average Bonchev–Trinajstić information content (AvgIpc) is 2.90. The maximum absolute atomic E-state index is 12.3. The van der Waals surface area contributed by atoms with Crippen LogP contribution in [0.4, 0.5) is 0 Å². The highest BCUT2D eigenvalue weighted by molar-refractivity contribution is 7.88. The van der Waals surface area contributed by atoms with Crippen molar-refractivity contribution in [2.45, 2.75) is 37.5 Å². The summed E-state index contributed by atoms with van der Waals surface area (Å²) in [5, 5.41) is 13.5. The van der Waals surface area contributed by atoms with E-state index in [1.165, 1.54) is 0 Å². The van der Waals surface area contributed by atoms with E-state index < -0.39 is 16.0 Å². The molecule has 0 amide bonds. The number of hydrogen-bond donors (Lipinski definition) is 2. The molecule has 2 aromatic rings. The fourth-order valence-electron chi connectivity index (χ4n) is 2.98. The van der Waals surface area contributed by atoms with Crippen LogP contribution in [0.15, 0.2) is 28.8 Å². The Hall–Kier alpha value is -1.93. The van der Waals surface area contributed by atoms with E-state index >= 15 is 0 Å². The predicted molar refractivity (Wildman–Crippen MR) is 83.2 cm³/mol. The van der Waals surface area contributed by atoms with Gasteiger partial charge < -0.3 is 9.63 Å². The van der Waals surface area contributed by atoms with Gasteiger partial charge in [-0.3, -0.25) is 4.79 Å². The van der Waals surface area contributed by atoms with Crippen LogP contribution in [-0.2, 0) is 20.6 Å². The molecule has 7 nitrogen and oxygen atoms in total. The molecule has 23 heavy (non-hydrogen) atoms. The largest absolute Gasteiger partial charge is 0.481 e. The van der Waals surface area contributed by atoms with E-state index in [1.807, 2.05) is 0 Å². The Bertz CT molecular complexity index is 806. The molecule has 0 atom stereocenters. The van der Waals surface area contributed by atoms with Gasteiger partial charge in [-0.2, -0.15) is 0 Å². The van der Waals surface area contributed by atoms with Crippen molar-refractivity contribution < 1.29 is 22.8 Å². The Labute approximate surface area is 133 Å². The van der Waals surface area contributed by atoms with Gasteiger partial charge in [-0.05, 0) is 37.8 Å². The Morgan fingerprint density at radius 1 is 1.26 bits per heavy atom. The molecular formula is C15H18N2O5S. The molecule has 1 heterocycles. The topological polar surface area (TPSA) is 110 Å². The maximum atomic E-state index is 12.3. The smallest absolute Gasteiger partial charge is 0.306 e. The molecule has 0 spiro atoms. The van der Waals surface area contributed by atoms with E-state index in [-0.39, 0.29) is 17.7 Å². The van der Waals surface area contributed by atoms with Gasteiger partial charge in [-0.1, -0.05) is 17.3 Å². The fourth-order valence-corrected chi connectivity index (χ4v) is 4.37. The van der Waals surface area contributed by atoms with Crippen LogP contribution in [0, 0.1) is 5.92 Å². The summed E-state index contributed by atoms with van der Waals surface area (Å²) in [5.74, 6) is -1.42. The van der Waals surface area contributed by atoms with Gasteiger partial charge in [-0.15, -0.1) is 0 Å². The number of fused-ring (bicyclic) bond motifs is 1. The number of aromatic nitrogens is 1. The second-order valence-electron chi connectivity index (χ2n) is 5.89. The standard InChI is InChI=1S/C15H18N2O5S/c18-15(19)10-5-7-11(8-6-10)17-23(20,21)9-13-12-3-1-2-4-14(12)22-16-13/h1-4,10-11,17H,5-9H2,(H,18,19). The molecule has 0 unspecified atom stereocenters. The second-order valence-corrected chi connectivity index (χ2v) is 7.64. The van der Waals surface area contributed by atoms with E-state index in [0.717, 1.165) is 0 Å². The van der Waals surface area contributed by atoms with Gasteiger partial charge in [-0.25, -0.2) is 13.1 Å². The maximum Gasteiger partial charge on any atom is 0.306 e. The quantitative estimate of drug-likeness (QED) is 0.861. The zero-order valence-corrected chi connectivity index (χ0v) is 13.3. The van der Waals surface area contributed by atoms with Crippen molar-refractivity contribution in [2.24, 2.45) is 5.92 Å². The molecule has 1 aromatic carbocycles. The number of nitrogens with one attached hydrogen (secondary N) is 1. The summed E-state index contributed by atoms with van der Waals surface area (Å²) in [6.45, 7) is 0. The number of rotatable bonds is 5. The van der Waals surface area contributed by atoms with Crippen LogP contribution in [0.25, 0.3) is 11.0 Å². The van der Waals surface area contributed by atoms with Gasteiger partial charge in [0.15, 0.2) is 5.58 Å². The zero-order chi connectivity index (χ0) is 16.4. The Morgan fingerprint density at radius 2 is 1.96 bits per heavy atom. The molecule has 1 aliphatic rings. The SMILES string of the molecule is O=C(O)C1CCC(NS(=O)(=O)Cc2noc3ccccc23)CC1. The molecule has 8 heteroatoms. The van der Waals surface area contributed by atoms with Gasteiger partial charge in [0.25, 0.3) is 0 Å². The summed E-state index contributed by atoms with van der Waals surface area (Å²) in [6, 6.07) is 6.89. The number of hydrogen-bond acceptors (Lipinski definition) is 5. The van der Waals surface area contributed by atoms with Crippen molar-refractivity contribution in [2.75, 3.05) is 0 Å². The lowest BCUT2D eigenvalue weighted by Crippen LogP contribution is -2.39. The number of carbonyl (C=O) groups is 1. The first-order valence-electron chi connectivity index (χ1n) is 7.51. The number of para-hydroxylation sites is 1. The molecule has 2 N–H and O–H groups in total. The predicted octanol–water partition coefficient (Wildman–Crippen LogP) is 1.89. The zero-order valence-electron chi connectivity index (χ0n) is 12.4. The lowest BCUT2D eigenvalue weighted by molar-refractivity contribution is -0.142. The molecular weight excluding hydrogens is 320 g/mol. The number of carboxylic acids is 1. The first kappa shape index (κ1) is 15.9. The fraction of sp³-hybridized carbons (Fsp3) is 0.467. The monoisotopic (exact) mass is 338 g/mol. The molecule has 3 rings (SSSR count). The van der Waals surface area contributed by atoms with Gasteiger partial charge in [0.1, 0.15) is 11.4 Å². The molecule has 1 aromatic heterocycles. The lowest BCUT2D eigenvalue weighted by Gasteiger charge is -2.26. The van der Waals surface area contributed by atoms with Crippen molar-refractivity contribution >= 4 is 27.0 Å². The first-order valence-corrected chi connectivity index (χ1v) is 9.16. The molecule has 124 valence electrons. The first-order chi connectivity index (χ1) is 10.9. The number of sulfonamides is 1. The normalized spacial score (nSPS) is 22.3. The summed E-state index contributed by atoms with van der Waals surface area (Å²) < 4.78 is 32.4. The van der Waals surface area contributed by atoms with Crippen molar-refractivity contribution in [3.63, 3.8) is 0 Å². The van der Waals surface area contributed by atoms with Crippen molar-refractivity contribution in [1.29, 1.82) is 0 Å². The highest BCUT2D eigenvalue weighted by atomic mass is 32.2. The van der Waals surface area contributed by atoms with Crippen LogP contribution < -0.4 is 4.72 Å². The Balaban J connectivity index is 1.65. The van der Waals surface area contributed by atoms with Crippen LogP contribution in [-0.4, -0.2) is 30.7 Å². The minimum absolute atomic E-state index is 0.214. The molecule has 1 fully saturated rings. The molecule has 0 aliphatic heterocycles. The summed E-state index contributed by atoms with van der Waals surface area (Å²) in [7, 11) is -3.55. The number of benzene rings is 1. The van der Waals surface area contributed by atoms with Crippen LogP contribution in [0.5, 0.6) is 0 Å². The van der Waals surface area contributed by atoms with Crippen LogP contribution in [0.2, 0.25) is 0 Å². The van der Waals surface area contributed by atoms with Crippen molar-refractivity contribution in [3.8, 4) is 0 Å². The minimum Gasteiger partial charge on any atom is -0.481 e. The third-order valence-electron chi connectivity index (χ3n) is 4.20.